The summed E-state index contributed by atoms with van der Waals surface area (Å²) in [7, 11) is 0. The van der Waals surface area contributed by atoms with Gasteiger partial charge in [-0.1, -0.05) is 117 Å². The van der Waals surface area contributed by atoms with Crippen LogP contribution in [0.3, 0.4) is 0 Å². The molecule has 0 atom stereocenters. The Morgan fingerprint density at radius 2 is 0.583 bits per heavy atom. The molecule has 4 nitrogen and oxygen atoms in total. The first-order valence-electron chi connectivity index (χ1n) is 20.7. The van der Waals surface area contributed by atoms with Gasteiger partial charge < -0.3 is 18.0 Å². The van der Waals surface area contributed by atoms with E-state index in [9.17, 15) is 0 Å². The highest BCUT2D eigenvalue weighted by molar-refractivity contribution is 6.12. The van der Waals surface area contributed by atoms with Gasteiger partial charge in [0.1, 0.15) is 22.3 Å². The minimum Gasteiger partial charge on any atom is -0.456 e. The Kier molecular flexibility index (Phi) is 7.63. The largest absolute Gasteiger partial charge is 0.456 e. The zero-order valence-electron chi connectivity index (χ0n) is 33.2. The van der Waals surface area contributed by atoms with Crippen molar-refractivity contribution >= 4 is 87.5 Å². The molecule has 0 radical (unpaired) electrons. The zero-order valence-corrected chi connectivity index (χ0v) is 33.2. The Labute approximate surface area is 345 Å². The molecular formula is C56H38N2O2. The molecule has 4 aromatic heterocycles. The summed E-state index contributed by atoms with van der Waals surface area (Å²) >= 11 is 0. The number of para-hydroxylation sites is 4. The van der Waals surface area contributed by atoms with Gasteiger partial charge in [0.25, 0.3) is 0 Å². The summed E-state index contributed by atoms with van der Waals surface area (Å²) in [6.45, 7) is 4.00. The minimum absolute atomic E-state index is 0.881. The van der Waals surface area contributed by atoms with Crippen LogP contribution in [0, 0.1) is 0 Å². The normalized spacial score (nSPS) is 11.8. The molecule has 0 aliphatic rings. The topological polar surface area (TPSA) is 36.1 Å². The third-order valence-corrected chi connectivity index (χ3v) is 12.1. The summed E-state index contributed by atoms with van der Waals surface area (Å²) in [6.07, 6.45) is 0. The molecule has 0 unspecified atom stereocenters. The lowest BCUT2D eigenvalue weighted by atomic mass is 9.97. The summed E-state index contributed by atoms with van der Waals surface area (Å²) in [5.74, 6) is 0. The van der Waals surface area contributed by atoms with Crippen LogP contribution in [0.5, 0.6) is 0 Å². The summed E-state index contributed by atoms with van der Waals surface area (Å²) in [6, 6.07) is 69.6. The Morgan fingerprint density at radius 3 is 0.967 bits per heavy atom. The first-order valence-corrected chi connectivity index (χ1v) is 20.7. The van der Waals surface area contributed by atoms with Crippen LogP contribution in [0.15, 0.2) is 203 Å². The van der Waals surface area contributed by atoms with Gasteiger partial charge >= 0.3 is 0 Å². The molecule has 13 aromatic rings. The highest BCUT2D eigenvalue weighted by Gasteiger charge is 2.17. The van der Waals surface area contributed by atoms with Gasteiger partial charge in [-0.2, -0.15) is 0 Å². The van der Waals surface area contributed by atoms with Crippen LogP contribution in [-0.4, -0.2) is 9.13 Å². The number of hydrogen-bond acceptors (Lipinski definition) is 2. The molecule has 0 fully saturated rings. The molecule has 4 heterocycles. The van der Waals surface area contributed by atoms with E-state index in [0.29, 0.717) is 0 Å². The van der Waals surface area contributed by atoms with Crippen molar-refractivity contribution in [3.8, 4) is 33.6 Å². The second-order valence-electron chi connectivity index (χ2n) is 15.3. The second kappa shape index (κ2) is 13.4. The van der Waals surface area contributed by atoms with E-state index in [4.69, 9.17) is 8.83 Å². The molecule has 0 amide bonds. The third-order valence-electron chi connectivity index (χ3n) is 12.1. The van der Waals surface area contributed by atoms with E-state index in [1.165, 1.54) is 43.6 Å². The number of aromatic nitrogens is 2. The van der Waals surface area contributed by atoms with Gasteiger partial charge in [-0.3, -0.25) is 0 Å². The standard InChI is InChI=1S/C54H32N2O2.C2H6/c1-5-16-47-39(12-1)40-13-2-6-17-48(40)55(47)37-22-26-53-45(31-37)43-29-35(20-24-51(43)57-53)33-10-9-11-34(28-33)36-21-25-52-44(30-36)46-32-38(23-27-54(46)58-52)56-49-18-7-3-14-41(49)42-15-4-8-19-50(42)56;1-2/h1-32H;1-2H3. The van der Waals surface area contributed by atoms with Crippen LogP contribution >= 0.6 is 0 Å². The Bertz CT molecular complexity index is 3460. The fourth-order valence-electron chi connectivity index (χ4n) is 9.45. The van der Waals surface area contributed by atoms with Gasteiger partial charge in [0, 0.05) is 54.5 Å². The maximum absolute atomic E-state index is 6.41. The number of benzene rings is 9. The highest BCUT2D eigenvalue weighted by Crippen LogP contribution is 2.40. The number of hydrogen-bond donors (Lipinski definition) is 0. The Hall–Kier alpha value is -7.82. The van der Waals surface area contributed by atoms with Gasteiger partial charge in [0.15, 0.2) is 0 Å². The molecule has 13 rings (SSSR count). The number of nitrogens with zero attached hydrogens (tertiary/aromatic N) is 2. The summed E-state index contributed by atoms with van der Waals surface area (Å²) in [4.78, 5) is 0. The highest BCUT2D eigenvalue weighted by atomic mass is 16.3. The molecule has 0 N–H and O–H groups in total. The van der Waals surface area contributed by atoms with Crippen LogP contribution < -0.4 is 0 Å². The fraction of sp³-hybridized carbons (Fsp3) is 0.0357. The quantitative estimate of drug-likeness (QED) is 0.179. The lowest BCUT2D eigenvalue weighted by molar-refractivity contribution is 0.668. The van der Waals surface area contributed by atoms with Crippen LogP contribution in [-0.2, 0) is 0 Å². The molecule has 0 aliphatic carbocycles. The molecule has 9 aromatic carbocycles. The lowest BCUT2D eigenvalue weighted by Gasteiger charge is -2.09. The Balaban J connectivity index is 0.00000191. The zero-order chi connectivity index (χ0) is 39.9. The summed E-state index contributed by atoms with van der Waals surface area (Å²) in [5.41, 5.74) is 15.1. The molecule has 0 bridgehead atoms. The third kappa shape index (κ3) is 5.11. The molecular weight excluding hydrogens is 733 g/mol. The van der Waals surface area contributed by atoms with E-state index in [1.807, 2.05) is 13.8 Å². The van der Waals surface area contributed by atoms with Crippen molar-refractivity contribution in [2.45, 2.75) is 13.8 Å². The average Bonchev–Trinajstić information content (AvgIpc) is 4.06. The van der Waals surface area contributed by atoms with Gasteiger partial charge in [0.2, 0.25) is 0 Å². The number of fused-ring (bicyclic) bond motifs is 12. The first kappa shape index (κ1) is 34.2. The fourth-order valence-corrected chi connectivity index (χ4v) is 9.45. The van der Waals surface area contributed by atoms with Gasteiger partial charge in [0.05, 0.1) is 22.1 Å². The van der Waals surface area contributed by atoms with Crippen molar-refractivity contribution in [1.82, 2.24) is 9.13 Å². The predicted molar refractivity (Wildman–Crippen MR) is 252 cm³/mol. The maximum atomic E-state index is 6.41. The molecule has 0 spiro atoms. The van der Waals surface area contributed by atoms with E-state index < -0.39 is 0 Å². The molecule has 284 valence electrons. The van der Waals surface area contributed by atoms with Gasteiger partial charge in [-0.05, 0) is 113 Å². The molecule has 0 saturated heterocycles. The van der Waals surface area contributed by atoms with Crippen molar-refractivity contribution < 1.29 is 8.83 Å². The lowest BCUT2D eigenvalue weighted by Crippen LogP contribution is -1.93. The van der Waals surface area contributed by atoms with Crippen molar-refractivity contribution in [3.05, 3.63) is 194 Å². The smallest absolute Gasteiger partial charge is 0.135 e. The molecule has 0 aliphatic heterocycles. The van der Waals surface area contributed by atoms with E-state index >= 15 is 0 Å². The van der Waals surface area contributed by atoms with Crippen molar-refractivity contribution in [2.75, 3.05) is 0 Å². The molecule has 4 heteroatoms. The van der Waals surface area contributed by atoms with E-state index in [-0.39, 0.29) is 0 Å². The van der Waals surface area contributed by atoms with E-state index in [0.717, 1.165) is 77.5 Å². The monoisotopic (exact) mass is 770 g/mol. The molecule has 60 heavy (non-hydrogen) atoms. The van der Waals surface area contributed by atoms with Gasteiger partial charge in [-0.15, -0.1) is 0 Å². The van der Waals surface area contributed by atoms with Crippen molar-refractivity contribution in [1.29, 1.82) is 0 Å². The summed E-state index contributed by atoms with van der Waals surface area (Å²) < 4.78 is 17.5. The minimum atomic E-state index is 0.881. The summed E-state index contributed by atoms with van der Waals surface area (Å²) in [5, 5.41) is 9.42. The SMILES string of the molecule is CC.c1cc(-c2ccc3oc4ccc(-n5c6ccccc6c6ccccc65)cc4c3c2)cc(-c2ccc3oc4ccc(-n5c6ccccc6c6ccccc65)cc4c3c2)c1. The van der Waals surface area contributed by atoms with Crippen LogP contribution in [0.2, 0.25) is 0 Å². The first-order chi connectivity index (χ1) is 29.7. The average molecular weight is 771 g/mol. The van der Waals surface area contributed by atoms with Crippen molar-refractivity contribution in [3.63, 3.8) is 0 Å². The van der Waals surface area contributed by atoms with Gasteiger partial charge in [-0.25, -0.2) is 0 Å². The van der Waals surface area contributed by atoms with E-state index in [1.54, 1.807) is 0 Å². The van der Waals surface area contributed by atoms with Crippen LogP contribution in [0.4, 0.5) is 0 Å². The van der Waals surface area contributed by atoms with Crippen LogP contribution in [0.1, 0.15) is 13.8 Å². The van der Waals surface area contributed by atoms with E-state index in [2.05, 4.69) is 203 Å². The van der Waals surface area contributed by atoms with Crippen molar-refractivity contribution in [2.24, 2.45) is 0 Å². The number of furan rings is 2. The maximum Gasteiger partial charge on any atom is 0.135 e. The Morgan fingerprint density at radius 1 is 0.267 bits per heavy atom. The second-order valence-corrected chi connectivity index (χ2v) is 15.3. The molecule has 0 saturated carbocycles. The number of rotatable bonds is 4. The van der Waals surface area contributed by atoms with Crippen LogP contribution in [0.25, 0.3) is 121 Å². The predicted octanol–water partition coefficient (Wildman–Crippen LogP) is 16.0.